The summed E-state index contributed by atoms with van der Waals surface area (Å²) >= 11 is 1.47. The minimum Gasteiger partial charge on any atom is -0.296 e. The lowest BCUT2D eigenvalue weighted by atomic mass is 10.3. The first-order valence-electron chi connectivity index (χ1n) is 5.51. The van der Waals surface area contributed by atoms with Gasteiger partial charge in [-0.1, -0.05) is 6.07 Å². The summed E-state index contributed by atoms with van der Waals surface area (Å²) in [6.45, 7) is 0. The third-order valence-corrected chi connectivity index (χ3v) is 3.41. The maximum absolute atomic E-state index is 11.8. The summed E-state index contributed by atoms with van der Waals surface area (Å²) in [7, 11) is 0. The van der Waals surface area contributed by atoms with Crippen molar-refractivity contribution in [2.24, 2.45) is 0 Å². The lowest BCUT2D eigenvalue weighted by Gasteiger charge is -1.99. The van der Waals surface area contributed by atoms with Gasteiger partial charge in [-0.25, -0.2) is 4.98 Å². The number of nitrogens with one attached hydrogen (secondary N) is 1. The van der Waals surface area contributed by atoms with E-state index < -0.39 is 0 Å². The van der Waals surface area contributed by atoms with E-state index in [-0.39, 0.29) is 5.91 Å². The molecule has 3 rings (SSSR count). The van der Waals surface area contributed by atoms with E-state index in [9.17, 15) is 4.79 Å². The van der Waals surface area contributed by atoms with E-state index in [1.54, 1.807) is 24.4 Å². The summed E-state index contributed by atoms with van der Waals surface area (Å²) < 4.78 is 0. The molecule has 1 fully saturated rings. The van der Waals surface area contributed by atoms with Crippen molar-refractivity contribution in [1.29, 1.82) is 0 Å². The zero-order valence-electron chi connectivity index (χ0n) is 9.09. The van der Waals surface area contributed by atoms with E-state index in [0.717, 1.165) is 5.69 Å². The Balaban J connectivity index is 1.71. The fourth-order valence-corrected chi connectivity index (χ4v) is 2.36. The van der Waals surface area contributed by atoms with E-state index >= 15 is 0 Å². The van der Waals surface area contributed by atoms with Gasteiger partial charge in [0, 0.05) is 17.5 Å². The summed E-state index contributed by atoms with van der Waals surface area (Å²) in [5.74, 6) is 0.411. The first-order valence-corrected chi connectivity index (χ1v) is 6.39. The molecule has 0 aromatic carbocycles. The number of thiazole rings is 1. The zero-order chi connectivity index (χ0) is 11.7. The number of carbonyl (C=O) groups excluding carboxylic acids is 1. The largest absolute Gasteiger partial charge is 0.296 e. The van der Waals surface area contributed by atoms with Crippen molar-refractivity contribution in [3.05, 3.63) is 41.2 Å². The predicted octanol–water partition coefficient (Wildman–Crippen LogP) is 2.67. The Kier molecular flexibility index (Phi) is 2.60. The van der Waals surface area contributed by atoms with Crippen molar-refractivity contribution in [2.75, 3.05) is 5.32 Å². The number of hydrogen-bond donors (Lipinski definition) is 1. The highest BCUT2D eigenvalue weighted by Gasteiger charge is 2.26. The van der Waals surface area contributed by atoms with Crippen LogP contribution in [-0.2, 0) is 0 Å². The first-order chi connectivity index (χ1) is 8.33. The van der Waals surface area contributed by atoms with E-state index in [1.807, 2.05) is 5.38 Å². The zero-order valence-corrected chi connectivity index (χ0v) is 9.91. The molecule has 86 valence electrons. The Morgan fingerprint density at radius 1 is 1.41 bits per heavy atom. The normalized spacial score (nSPS) is 14.6. The standard InChI is InChI=1S/C12H11N3OS/c16-11(9-3-1-2-6-13-9)15-12-14-10(7-17-12)8-4-5-8/h1-3,6-8H,4-5H2,(H,14,15,16). The molecular weight excluding hydrogens is 234 g/mol. The highest BCUT2D eigenvalue weighted by atomic mass is 32.1. The summed E-state index contributed by atoms with van der Waals surface area (Å²) in [5, 5.41) is 5.44. The molecule has 0 spiro atoms. The lowest BCUT2D eigenvalue weighted by molar-refractivity contribution is 0.102. The Labute approximate surface area is 103 Å². The van der Waals surface area contributed by atoms with Crippen LogP contribution in [0.1, 0.15) is 34.9 Å². The van der Waals surface area contributed by atoms with E-state index in [4.69, 9.17) is 0 Å². The van der Waals surface area contributed by atoms with Crippen LogP contribution < -0.4 is 5.32 Å². The molecule has 0 radical (unpaired) electrons. The van der Waals surface area contributed by atoms with Crippen molar-refractivity contribution in [1.82, 2.24) is 9.97 Å². The maximum atomic E-state index is 11.8. The van der Waals surface area contributed by atoms with Gasteiger partial charge >= 0.3 is 0 Å². The Morgan fingerprint density at radius 3 is 3.00 bits per heavy atom. The van der Waals surface area contributed by atoms with Crippen LogP contribution in [0.5, 0.6) is 0 Å². The van der Waals surface area contributed by atoms with Gasteiger partial charge in [0.05, 0.1) is 5.69 Å². The third kappa shape index (κ3) is 2.34. The van der Waals surface area contributed by atoms with Crippen LogP contribution in [0.2, 0.25) is 0 Å². The van der Waals surface area contributed by atoms with Crippen LogP contribution in [0.3, 0.4) is 0 Å². The molecule has 1 aliphatic rings. The monoisotopic (exact) mass is 245 g/mol. The van der Waals surface area contributed by atoms with Crippen LogP contribution in [0.15, 0.2) is 29.8 Å². The quantitative estimate of drug-likeness (QED) is 0.904. The minimum absolute atomic E-state index is 0.206. The molecule has 0 bridgehead atoms. The van der Waals surface area contributed by atoms with Crippen LogP contribution in [0, 0.1) is 0 Å². The molecule has 0 unspecified atom stereocenters. The smallest absolute Gasteiger partial charge is 0.276 e. The van der Waals surface area contributed by atoms with Gasteiger partial charge in [-0.15, -0.1) is 11.3 Å². The van der Waals surface area contributed by atoms with E-state index in [0.29, 0.717) is 16.7 Å². The molecular formula is C12H11N3OS. The molecule has 1 N–H and O–H groups in total. The number of aromatic nitrogens is 2. The van der Waals surface area contributed by atoms with Crippen molar-refractivity contribution >= 4 is 22.4 Å². The second kappa shape index (κ2) is 4.25. The van der Waals surface area contributed by atoms with Gasteiger partial charge in [0.1, 0.15) is 5.69 Å². The van der Waals surface area contributed by atoms with Gasteiger partial charge in [-0.2, -0.15) is 0 Å². The molecule has 2 aromatic heterocycles. The highest BCUT2D eigenvalue weighted by molar-refractivity contribution is 7.14. The Morgan fingerprint density at radius 2 is 2.29 bits per heavy atom. The molecule has 4 nitrogen and oxygen atoms in total. The highest BCUT2D eigenvalue weighted by Crippen LogP contribution is 2.40. The number of anilines is 1. The number of carbonyl (C=O) groups is 1. The first kappa shape index (κ1) is 10.4. The molecule has 0 saturated heterocycles. The van der Waals surface area contributed by atoms with Crippen molar-refractivity contribution in [2.45, 2.75) is 18.8 Å². The number of pyridine rings is 1. The van der Waals surface area contributed by atoms with Crippen molar-refractivity contribution in [3.63, 3.8) is 0 Å². The van der Waals surface area contributed by atoms with Gasteiger partial charge in [0.2, 0.25) is 0 Å². The summed E-state index contributed by atoms with van der Waals surface area (Å²) in [4.78, 5) is 20.2. The summed E-state index contributed by atoms with van der Waals surface area (Å²) in [6, 6.07) is 5.26. The molecule has 0 aliphatic heterocycles. The molecule has 2 heterocycles. The fraction of sp³-hybridized carbons (Fsp3) is 0.250. The lowest BCUT2D eigenvalue weighted by Crippen LogP contribution is -2.13. The van der Waals surface area contributed by atoms with Gasteiger partial charge < -0.3 is 0 Å². The second-order valence-corrected chi connectivity index (χ2v) is 4.88. The molecule has 0 atom stereocenters. The molecule has 17 heavy (non-hydrogen) atoms. The fourth-order valence-electron chi connectivity index (χ4n) is 1.57. The molecule has 1 saturated carbocycles. The second-order valence-electron chi connectivity index (χ2n) is 4.02. The van der Waals surface area contributed by atoms with Crippen LogP contribution in [0.4, 0.5) is 5.13 Å². The maximum Gasteiger partial charge on any atom is 0.276 e. The average molecular weight is 245 g/mol. The van der Waals surface area contributed by atoms with E-state index in [2.05, 4.69) is 15.3 Å². The van der Waals surface area contributed by atoms with Crippen LogP contribution >= 0.6 is 11.3 Å². The molecule has 2 aromatic rings. The van der Waals surface area contributed by atoms with Crippen LogP contribution in [0.25, 0.3) is 0 Å². The van der Waals surface area contributed by atoms with E-state index in [1.165, 1.54) is 24.2 Å². The topological polar surface area (TPSA) is 54.9 Å². The van der Waals surface area contributed by atoms with Gasteiger partial charge in [-0.3, -0.25) is 15.1 Å². The van der Waals surface area contributed by atoms with Crippen LogP contribution in [-0.4, -0.2) is 15.9 Å². The number of amides is 1. The molecule has 5 heteroatoms. The van der Waals surface area contributed by atoms with Gasteiger partial charge in [0.25, 0.3) is 5.91 Å². The number of rotatable bonds is 3. The summed E-state index contributed by atoms with van der Waals surface area (Å²) in [5.41, 5.74) is 1.52. The number of hydrogen-bond acceptors (Lipinski definition) is 4. The molecule has 1 amide bonds. The average Bonchev–Trinajstić information content (AvgIpc) is 3.12. The SMILES string of the molecule is O=C(Nc1nc(C2CC2)cs1)c1ccccn1. The van der Waals surface area contributed by atoms with Crippen molar-refractivity contribution in [3.8, 4) is 0 Å². The van der Waals surface area contributed by atoms with Gasteiger partial charge in [0.15, 0.2) is 5.13 Å². The predicted molar refractivity (Wildman–Crippen MR) is 66.3 cm³/mol. The number of nitrogens with zero attached hydrogens (tertiary/aromatic N) is 2. The van der Waals surface area contributed by atoms with Crippen molar-refractivity contribution < 1.29 is 4.79 Å². The third-order valence-electron chi connectivity index (χ3n) is 2.64. The molecule has 1 aliphatic carbocycles. The minimum atomic E-state index is -0.206. The Hall–Kier alpha value is -1.75. The Bertz CT molecular complexity index is 534. The summed E-state index contributed by atoms with van der Waals surface area (Å²) in [6.07, 6.45) is 4.04. The van der Waals surface area contributed by atoms with Gasteiger partial charge in [-0.05, 0) is 25.0 Å².